The van der Waals surface area contributed by atoms with Crippen LogP contribution in [0.3, 0.4) is 0 Å². The molecular formula is C27H30N2O6. The van der Waals surface area contributed by atoms with Crippen molar-refractivity contribution in [3.63, 3.8) is 0 Å². The molecule has 3 rings (SSSR count). The van der Waals surface area contributed by atoms with E-state index in [0.29, 0.717) is 22.9 Å². The Balaban J connectivity index is 1.70. The fourth-order valence-corrected chi connectivity index (χ4v) is 3.60. The number of nitrogens with one attached hydrogen (secondary N) is 1. The molecule has 0 unspecified atom stereocenters. The van der Waals surface area contributed by atoms with Gasteiger partial charge >= 0.3 is 5.97 Å². The monoisotopic (exact) mass is 478 g/mol. The number of carbonyl (C=O) groups is 2. The van der Waals surface area contributed by atoms with E-state index in [1.807, 2.05) is 68.4 Å². The van der Waals surface area contributed by atoms with E-state index < -0.39 is 12.6 Å². The van der Waals surface area contributed by atoms with Gasteiger partial charge in [0.2, 0.25) is 5.75 Å². The zero-order chi connectivity index (χ0) is 25.4. The molecule has 0 aliphatic carbocycles. The van der Waals surface area contributed by atoms with Gasteiger partial charge in [-0.25, -0.2) is 4.79 Å². The maximum absolute atomic E-state index is 13.0. The zero-order valence-electron chi connectivity index (χ0n) is 20.5. The third-order valence-corrected chi connectivity index (χ3v) is 5.22. The molecule has 35 heavy (non-hydrogen) atoms. The van der Waals surface area contributed by atoms with Crippen molar-refractivity contribution >= 4 is 28.9 Å². The summed E-state index contributed by atoms with van der Waals surface area (Å²) in [5.74, 6) is -0.0247. The van der Waals surface area contributed by atoms with Crippen LogP contribution in [0.25, 0.3) is 0 Å². The summed E-state index contributed by atoms with van der Waals surface area (Å²) < 4.78 is 21.1. The molecule has 3 aromatic rings. The summed E-state index contributed by atoms with van der Waals surface area (Å²) in [5.41, 5.74) is 2.74. The number of anilines is 3. The second-order valence-corrected chi connectivity index (χ2v) is 7.89. The number of nitrogens with zero attached hydrogens (tertiary/aromatic N) is 1. The number of hydrogen-bond donors (Lipinski definition) is 1. The lowest BCUT2D eigenvalue weighted by Crippen LogP contribution is -2.39. The molecule has 0 heterocycles. The largest absolute Gasteiger partial charge is 0.493 e. The van der Waals surface area contributed by atoms with Gasteiger partial charge in [-0.1, -0.05) is 18.2 Å². The van der Waals surface area contributed by atoms with Crippen LogP contribution in [0.5, 0.6) is 17.2 Å². The molecule has 8 nitrogen and oxygen atoms in total. The lowest BCUT2D eigenvalue weighted by atomic mass is 10.2. The molecule has 0 radical (unpaired) electrons. The van der Waals surface area contributed by atoms with Gasteiger partial charge in [-0.3, -0.25) is 4.79 Å². The summed E-state index contributed by atoms with van der Waals surface area (Å²) in [7, 11) is 4.38. The second kappa shape index (κ2) is 11.8. The fourth-order valence-electron chi connectivity index (χ4n) is 3.60. The Labute approximate surface area is 205 Å². The number of methoxy groups -OCH3 is 3. The van der Waals surface area contributed by atoms with Crippen molar-refractivity contribution in [1.29, 1.82) is 0 Å². The van der Waals surface area contributed by atoms with Crippen LogP contribution in [0, 0.1) is 0 Å². The van der Waals surface area contributed by atoms with Crippen molar-refractivity contribution < 1.29 is 28.5 Å². The van der Waals surface area contributed by atoms with Gasteiger partial charge < -0.3 is 29.2 Å². The van der Waals surface area contributed by atoms with Crippen LogP contribution < -0.4 is 24.4 Å². The number of esters is 1. The third kappa shape index (κ3) is 6.23. The van der Waals surface area contributed by atoms with E-state index in [1.165, 1.54) is 33.5 Å². The standard InChI is InChI=1S/C27H30N2O6/c1-18(2)29(22-13-11-21(12-14-22)28-20-9-7-6-8-10-20)25(30)17-35-27(31)19-15-23(32-3)26(34-5)24(16-19)33-4/h6-16,18,28H,17H2,1-5H3. The van der Waals surface area contributed by atoms with Gasteiger partial charge in [0, 0.05) is 23.1 Å². The van der Waals surface area contributed by atoms with Gasteiger partial charge in [0.15, 0.2) is 18.1 Å². The van der Waals surface area contributed by atoms with Crippen LogP contribution in [0.1, 0.15) is 24.2 Å². The lowest BCUT2D eigenvalue weighted by Gasteiger charge is -2.27. The van der Waals surface area contributed by atoms with E-state index in [-0.39, 0.29) is 17.5 Å². The molecule has 8 heteroatoms. The van der Waals surface area contributed by atoms with Crippen LogP contribution in [0.4, 0.5) is 17.1 Å². The molecule has 0 aromatic heterocycles. The average Bonchev–Trinajstić information content (AvgIpc) is 2.87. The molecule has 0 spiro atoms. The first-order valence-corrected chi connectivity index (χ1v) is 11.1. The summed E-state index contributed by atoms with van der Waals surface area (Å²) in [6.45, 7) is 3.38. The predicted molar refractivity (Wildman–Crippen MR) is 135 cm³/mol. The Hall–Kier alpha value is -4.20. The highest BCUT2D eigenvalue weighted by Gasteiger charge is 2.23. The molecule has 0 saturated heterocycles. The number of amides is 1. The van der Waals surface area contributed by atoms with E-state index in [0.717, 1.165) is 11.4 Å². The molecule has 1 amide bonds. The number of hydrogen-bond acceptors (Lipinski definition) is 7. The number of benzene rings is 3. The van der Waals surface area contributed by atoms with Gasteiger partial charge in [0.1, 0.15) is 0 Å². The first-order valence-electron chi connectivity index (χ1n) is 11.1. The van der Waals surface area contributed by atoms with E-state index in [2.05, 4.69) is 5.32 Å². The maximum Gasteiger partial charge on any atom is 0.338 e. The molecule has 0 saturated carbocycles. The Morgan fingerprint density at radius 2 is 1.40 bits per heavy atom. The van der Waals surface area contributed by atoms with Gasteiger partial charge in [0.25, 0.3) is 5.91 Å². The van der Waals surface area contributed by atoms with Gasteiger partial charge in [0.05, 0.1) is 26.9 Å². The van der Waals surface area contributed by atoms with Gasteiger partial charge in [-0.2, -0.15) is 0 Å². The third-order valence-electron chi connectivity index (χ3n) is 5.22. The van der Waals surface area contributed by atoms with Crippen molar-refractivity contribution in [2.45, 2.75) is 19.9 Å². The minimum absolute atomic E-state index is 0.143. The highest BCUT2D eigenvalue weighted by molar-refractivity contribution is 5.98. The normalized spacial score (nSPS) is 10.5. The van der Waals surface area contributed by atoms with Crippen molar-refractivity contribution in [2.75, 3.05) is 38.2 Å². The van der Waals surface area contributed by atoms with E-state index in [9.17, 15) is 9.59 Å². The summed E-state index contributed by atoms with van der Waals surface area (Å²) in [6, 6.07) is 20.1. The molecule has 3 aromatic carbocycles. The number of ether oxygens (including phenoxy) is 4. The van der Waals surface area contributed by atoms with E-state index >= 15 is 0 Å². The molecule has 184 valence electrons. The van der Waals surface area contributed by atoms with Crippen molar-refractivity contribution in [2.24, 2.45) is 0 Å². The Morgan fingerprint density at radius 3 is 1.91 bits per heavy atom. The predicted octanol–water partition coefficient (Wildman–Crippen LogP) is 5.05. The molecular weight excluding hydrogens is 448 g/mol. The summed E-state index contributed by atoms with van der Waals surface area (Å²) in [4.78, 5) is 27.3. The summed E-state index contributed by atoms with van der Waals surface area (Å²) >= 11 is 0. The summed E-state index contributed by atoms with van der Waals surface area (Å²) in [6.07, 6.45) is 0. The van der Waals surface area contributed by atoms with Crippen molar-refractivity contribution in [3.05, 3.63) is 72.3 Å². The topological polar surface area (TPSA) is 86.3 Å². The quantitative estimate of drug-likeness (QED) is 0.408. The van der Waals surface area contributed by atoms with Crippen LogP contribution in [-0.2, 0) is 9.53 Å². The lowest BCUT2D eigenvalue weighted by molar-refractivity contribution is -0.122. The zero-order valence-corrected chi connectivity index (χ0v) is 20.5. The minimum Gasteiger partial charge on any atom is -0.493 e. The molecule has 0 aliphatic rings. The fraction of sp³-hybridized carbons (Fsp3) is 0.259. The molecule has 0 fully saturated rings. The Bertz CT molecular complexity index is 1120. The minimum atomic E-state index is -0.677. The molecule has 0 aliphatic heterocycles. The smallest absolute Gasteiger partial charge is 0.338 e. The number of para-hydroxylation sites is 1. The molecule has 1 N–H and O–H groups in total. The Morgan fingerprint density at radius 1 is 0.829 bits per heavy atom. The Kier molecular flexibility index (Phi) is 8.56. The van der Waals surface area contributed by atoms with Crippen LogP contribution >= 0.6 is 0 Å². The van der Waals surface area contributed by atoms with Crippen LogP contribution in [0.2, 0.25) is 0 Å². The van der Waals surface area contributed by atoms with Gasteiger partial charge in [-0.05, 0) is 62.4 Å². The second-order valence-electron chi connectivity index (χ2n) is 7.89. The highest BCUT2D eigenvalue weighted by Crippen LogP contribution is 2.38. The number of carbonyl (C=O) groups excluding carboxylic acids is 2. The van der Waals surface area contributed by atoms with Gasteiger partial charge in [-0.15, -0.1) is 0 Å². The van der Waals surface area contributed by atoms with Crippen LogP contribution in [0.15, 0.2) is 66.7 Å². The van der Waals surface area contributed by atoms with Crippen molar-refractivity contribution in [1.82, 2.24) is 0 Å². The highest BCUT2D eigenvalue weighted by atomic mass is 16.5. The van der Waals surface area contributed by atoms with E-state index in [1.54, 1.807) is 4.90 Å². The molecule has 0 atom stereocenters. The summed E-state index contributed by atoms with van der Waals surface area (Å²) in [5, 5.41) is 3.31. The average molecular weight is 479 g/mol. The van der Waals surface area contributed by atoms with E-state index in [4.69, 9.17) is 18.9 Å². The van der Waals surface area contributed by atoms with Crippen LogP contribution in [-0.4, -0.2) is 45.9 Å². The number of rotatable bonds is 10. The maximum atomic E-state index is 13.0. The first-order chi connectivity index (χ1) is 16.9. The first kappa shape index (κ1) is 25.4. The molecule has 0 bridgehead atoms. The SMILES string of the molecule is COc1cc(C(=O)OCC(=O)N(c2ccc(Nc3ccccc3)cc2)C(C)C)cc(OC)c1OC. The van der Waals surface area contributed by atoms with Crippen molar-refractivity contribution in [3.8, 4) is 17.2 Å².